The van der Waals surface area contributed by atoms with Gasteiger partial charge in [0.2, 0.25) is 0 Å². The molecule has 0 saturated carbocycles. The second kappa shape index (κ2) is 8.72. The second-order valence-corrected chi connectivity index (χ2v) is 9.17. The summed E-state index contributed by atoms with van der Waals surface area (Å²) in [6.45, 7) is 6.94. The fourth-order valence-corrected chi connectivity index (χ4v) is 4.55. The Morgan fingerprint density at radius 1 is 1.03 bits per heavy atom. The molecule has 0 aliphatic rings. The van der Waals surface area contributed by atoms with E-state index < -0.39 is 0 Å². The molecular weight excluding hydrogens is 450 g/mol. The average molecular weight is 476 g/mol. The van der Waals surface area contributed by atoms with Crippen LogP contribution in [0.15, 0.2) is 47.3 Å². The van der Waals surface area contributed by atoms with Crippen LogP contribution in [0.4, 0.5) is 0 Å². The van der Waals surface area contributed by atoms with E-state index in [1.807, 2.05) is 41.8 Å². The van der Waals surface area contributed by atoms with E-state index in [0.717, 1.165) is 29.0 Å². The molecule has 2 aromatic carbocycles. The summed E-state index contributed by atoms with van der Waals surface area (Å²) in [4.78, 5) is 28.6. The third kappa shape index (κ3) is 3.60. The predicted octanol–water partition coefficient (Wildman–Crippen LogP) is 5.55. The molecule has 5 aromatic rings. The molecule has 0 atom stereocenters. The number of aromatic nitrogens is 5. The van der Waals surface area contributed by atoms with E-state index in [9.17, 15) is 4.79 Å². The maximum atomic E-state index is 13.9. The minimum absolute atomic E-state index is 0.0876. The largest absolute Gasteiger partial charge is 0.495 e. The molecule has 0 spiro atoms. The molecule has 0 amide bonds. The van der Waals surface area contributed by atoms with Crippen LogP contribution >= 0.6 is 11.6 Å². The van der Waals surface area contributed by atoms with E-state index >= 15 is 0 Å². The number of para-hydroxylation sites is 2. The van der Waals surface area contributed by atoms with Crippen molar-refractivity contribution in [3.8, 4) is 11.4 Å². The molecule has 0 bridgehead atoms. The smallest absolute Gasteiger partial charge is 0.265 e. The molecule has 7 nitrogen and oxygen atoms in total. The van der Waals surface area contributed by atoms with Gasteiger partial charge in [-0.2, -0.15) is 0 Å². The van der Waals surface area contributed by atoms with Crippen LogP contribution in [-0.4, -0.2) is 31.2 Å². The summed E-state index contributed by atoms with van der Waals surface area (Å²) in [5, 5.41) is 0.936. The maximum absolute atomic E-state index is 13.9. The van der Waals surface area contributed by atoms with Crippen LogP contribution < -0.4 is 10.3 Å². The van der Waals surface area contributed by atoms with Gasteiger partial charge < -0.3 is 4.74 Å². The van der Waals surface area contributed by atoms with Crippen molar-refractivity contribution in [2.24, 2.45) is 5.92 Å². The topological polar surface area (TPSA) is 74.8 Å². The van der Waals surface area contributed by atoms with Crippen LogP contribution in [0.25, 0.3) is 38.9 Å². The Kier molecular flexibility index (Phi) is 5.73. The number of hydrogen-bond acceptors (Lipinski definition) is 5. The lowest BCUT2D eigenvalue weighted by atomic mass is 10.1. The summed E-state index contributed by atoms with van der Waals surface area (Å²) in [7, 11) is 1.58. The summed E-state index contributed by atoms with van der Waals surface area (Å²) in [5.74, 6) is 1.78. The Balaban J connectivity index is 1.92. The second-order valence-electron chi connectivity index (χ2n) is 8.76. The number of aryl methyl sites for hydroxylation is 1. The van der Waals surface area contributed by atoms with Gasteiger partial charge in [-0.15, -0.1) is 0 Å². The average Bonchev–Trinajstić information content (AvgIpc) is 3.14. The molecule has 0 radical (unpaired) electrons. The Morgan fingerprint density at radius 3 is 2.41 bits per heavy atom. The molecule has 0 aliphatic carbocycles. The first-order valence-electron chi connectivity index (χ1n) is 11.5. The number of methoxy groups -OCH3 is 1. The minimum Gasteiger partial charge on any atom is -0.495 e. The Hall–Kier alpha value is -3.45. The minimum atomic E-state index is -0.0876. The number of nitrogens with zero attached hydrogens (tertiary/aromatic N) is 5. The fourth-order valence-electron chi connectivity index (χ4n) is 4.30. The Labute approximate surface area is 202 Å². The predicted molar refractivity (Wildman–Crippen MR) is 136 cm³/mol. The molecule has 34 heavy (non-hydrogen) atoms. The van der Waals surface area contributed by atoms with Crippen molar-refractivity contribution in [3.05, 3.63) is 63.7 Å². The van der Waals surface area contributed by atoms with Crippen molar-refractivity contribution in [1.82, 2.24) is 24.1 Å². The van der Waals surface area contributed by atoms with Gasteiger partial charge in [0.15, 0.2) is 11.3 Å². The molecule has 0 saturated heterocycles. The number of halogens is 1. The molecular formula is C26H26ClN5O2. The fraction of sp³-hybridized carbons (Fsp3) is 0.308. The third-order valence-corrected chi connectivity index (χ3v) is 6.38. The molecule has 174 valence electrons. The van der Waals surface area contributed by atoms with Crippen LogP contribution in [0.2, 0.25) is 5.02 Å². The zero-order valence-electron chi connectivity index (χ0n) is 19.7. The zero-order valence-corrected chi connectivity index (χ0v) is 20.4. The standard InChI is InChI=1S/C26H26ClN5O2/c1-5-21-30-24-22(26(33)31(21)13-12-15(2)3)23-25(29-19-9-7-6-8-18(19)28-23)32(24)16-10-11-20(34-4)17(27)14-16/h6-11,14-15H,5,12-13H2,1-4H3. The van der Waals surface area contributed by atoms with Gasteiger partial charge in [0, 0.05) is 13.0 Å². The molecule has 3 heterocycles. The van der Waals surface area contributed by atoms with Crippen molar-refractivity contribution >= 4 is 44.8 Å². The summed E-state index contributed by atoms with van der Waals surface area (Å²) in [6.07, 6.45) is 1.53. The van der Waals surface area contributed by atoms with E-state index in [4.69, 9.17) is 31.3 Å². The van der Waals surface area contributed by atoms with Crippen molar-refractivity contribution < 1.29 is 4.74 Å². The SMILES string of the molecule is CCc1nc2c(c(=O)n1CCC(C)C)c1nc3ccccc3nc1n2-c1ccc(OC)c(Cl)c1. The van der Waals surface area contributed by atoms with Crippen LogP contribution in [-0.2, 0) is 13.0 Å². The first kappa shape index (κ1) is 22.3. The summed E-state index contributed by atoms with van der Waals surface area (Å²) < 4.78 is 9.00. The van der Waals surface area contributed by atoms with Crippen molar-refractivity contribution in [2.45, 2.75) is 40.2 Å². The van der Waals surface area contributed by atoms with E-state index in [1.165, 1.54) is 0 Å². The van der Waals surface area contributed by atoms with Gasteiger partial charge >= 0.3 is 0 Å². The highest BCUT2D eigenvalue weighted by molar-refractivity contribution is 6.32. The van der Waals surface area contributed by atoms with Gasteiger partial charge in [-0.05, 0) is 42.7 Å². The van der Waals surface area contributed by atoms with E-state index in [1.54, 1.807) is 23.8 Å². The lowest BCUT2D eigenvalue weighted by molar-refractivity contribution is 0.415. The van der Waals surface area contributed by atoms with Crippen LogP contribution in [0.3, 0.4) is 0 Å². The number of fused-ring (bicyclic) bond motifs is 4. The first-order valence-corrected chi connectivity index (χ1v) is 11.8. The highest BCUT2D eigenvalue weighted by atomic mass is 35.5. The molecule has 0 unspecified atom stereocenters. The molecule has 5 rings (SSSR count). The summed E-state index contributed by atoms with van der Waals surface area (Å²) in [5.41, 5.74) is 3.78. The van der Waals surface area contributed by atoms with E-state index in [2.05, 4.69) is 13.8 Å². The molecule has 8 heteroatoms. The van der Waals surface area contributed by atoms with Gasteiger partial charge in [0.1, 0.15) is 22.5 Å². The monoisotopic (exact) mass is 475 g/mol. The van der Waals surface area contributed by atoms with Crippen molar-refractivity contribution in [3.63, 3.8) is 0 Å². The molecule has 3 aromatic heterocycles. The highest BCUT2D eigenvalue weighted by Crippen LogP contribution is 2.32. The van der Waals surface area contributed by atoms with Crippen LogP contribution in [0.1, 0.15) is 33.0 Å². The zero-order chi connectivity index (χ0) is 24.0. The van der Waals surface area contributed by atoms with Gasteiger partial charge in [-0.3, -0.25) is 13.9 Å². The number of hydrogen-bond donors (Lipinski definition) is 0. The van der Waals surface area contributed by atoms with Crippen molar-refractivity contribution in [2.75, 3.05) is 7.11 Å². The van der Waals surface area contributed by atoms with Crippen LogP contribution in [0, 0.1) is 5.92 Å². The lowest BCUT2D eigenvalue weighted by Gasteiger charge is -2.14. The van der Waals surface area contributed by atoms with Gasteiger partial charge in [0.25, 0.3) is 5.56 Å². The first-order chi connectivity index (χ1) is 16.4. The Morgan fingerprint density at radius 2 is 1.76 bits per heavy atom. The van der Waals surface area contributed by atoms with E-state index in [-0.39, 0.29) is 5.56 Å². The molecule has 0 aliphatic heterocycles. The summed E-state index contributed by atoms with van der Waals surface area (Å²) >= 11 is 6.47. The number of rotatable bonds is 6. The summed E-state index contributed by atoms with van der Waals surface area (Å²) in [6, 6.07) is 13.1. The van der Waals surface area contributed by atoms with Gasteiger partial charge in [-0.1, -0.05) is 44.5 Å². The van der Waals surface area contributed by atoms with Gasteiger partial charge in [-0.25, -0.2) is 15.0 Å². The molecule has 0 fully saturated rings. The van der Waals surface area contributed by atoms with Crippen LogP contribution in [0.5, 0.6) is 5.75 Å². The van der Waals surface area contributed by atoms with E-state index in [0.29, 0.717) is 51.9 Å². The highest BCUT2D eigenvalue weighted by Gasteiger charge is 2.23. The van der Waals surface area contributed by atoms with Crippen molar-refractivity contribution in [1.29, 1.82) is 0 Å². The molecule has 0 N–H and O–H groups in total. The third-order valence-electron chi connectivity index (χ3n) is 6.08. The normalized spacial score (nSPS) is 11.8. The quantitative estimate of drug-likeness (QED) is 0.321. The Bertz CT molecular complexity index is 1600. The number of ether oxygens (including phenoxy) is 1. The number of benzene rings is 2. The lowest BCUT2D eigenvalue weighted by Crippen LogP contribution is -2.26. The maximum Gasteiger partial charge on any atom is 0.265 e. The van der Waals surface area contributed by atoms with Gasteiger partial charge in [0.05, 0.1) is 28.9 Å².